The molecule has 0 saturated heterocycles. The Bertz CT molecular complexity index is 513. The lowest BCUT2D eigenvalue weighted by atomic mass is 9.74. The van der Waals surface area contributed by atoms with Crippen LogP contribution in [-0.2, 0) is 11.3 Å². The van der Waals surface area contributed by atoms with Crippen LogP contribution in [0.15, 0.2) is 18.2 Å². The number of nitrogens with one attached hydrogen (secondary N) is 1. The van der Waals surface area contributed by atoms with Gasteiger partial charge >= 0.3 is 0 Å². The van der Waals surface area contributed by atoms with Gasteiger partial charge in [-0.25, -0.2) is 0 Å². The predicted molar refractivity (Wildman–Crippen MR) is 86.0 cm³/mol. The molecule has 3 N–H and O–H groups in total. The summed E-state index contributed by atoms with van der Waals surface area (Å²) in [6.07, 6.45) is 3.56. The van der Waals surface area contributed by atoms with Crippen LogP contribution >= 0.6 is 0 Å². The minimum Gasteiger partial charge on any atom is -0.490 e. The van der Waals surface area contributed by atoms with Crippen molar-refractivity contribution >= 4 is 5.91 Å². The summed E-state index contributed by atoms with van der Waals surface area (Å²) < 4.78 is 11.2. The van der Waals surface area contributed by atoms with E-state index in [4.69, 9.17) is 15.2 Å². The number of carbonyl (C=O) groups excluding carboxylic acids is 1. The molecule has 0 heterocycles. The molecule has 0 aliphatic heterocycles. The molecule has 0 radical (unpaired) electrons. The quantitative estimate of drug-likeness (QED) is 0.734. The van der Waals surface area contributed by atoms with Crippen LogP contribution in [0, 0.1) is 0 Å². The second-order valence-corrected chi connectivity index (χ2v) is 5.78. The number of primary amides is 1. The van der Waals surface area contributed by atoms with Crippen molar-refractivity contribution in [3.8, 4) is 11.5 Å². The van der Waals surface area contributed by atoms with Gasteiger partial charge in [0.05, 0.1) is 13.2 Å². The van der Waals surface area contributed by atoms with Crippen molar-refractivity contribution in [1.29, 1.82) is 0 Å². The molecule has 1 aromatic rings. The van der Waals surface area contributed by atoms with Crippen LogP contribution < -0.4 is 20.5 Å². The monoisotopic (exact) mass is 306 g/mol. The molecule has 0 bridgehead atoms. The minimum absolute atomic E-state index is 0.115. The average Bonchev–Trinajstić information content (AvgIpc) is 2.44. The van der Waals surface area contributed by atoms with Gasteiger partial charge in [-0.15, -0.1) is 0 Å². The van der Waals surface area contributed by atoms with E-state index in [0.717, 1.165) is 36.3 Å². The highest BCUT2D eigenvalue weighted by Crippen LogP contribution is 2.35. The highest BCUT2D eigenvalue weighted by molar-refractivity contribution is 5.75. The van der Waals surface area contributed by atoms with Gasteiger partial charge in [0.1, 0.15) is 0 Å². The number of ether oxygens (including phenoxy) is 2. The number of hydrogen-bond acceptors (Lipinski definition) is 4. The van der Waals surface area contributed by atoms with Crippen molar-refractivity contribution in [3.05, 3.63) is 23.8 Å². The Morgan fingerprint density at radius 1 is 1.23 bits per heavy atom. The average molecular weight is 306 g/mol. The van der Waals surface area contributed by atoms with Gasteiger partial charge in [-0.2, -0.15) is 0 Å². The Hall–Kier alpha value is -1.75. The topological polar surface area (TPSA) is 73.6 Å². The molecule has 0 unspecified atom stereocenters. The van der Waals surface area contributed by atoms with E-state index < -0.39 is 0 Å². The summed E-state index contributed by atoms with van der Waals surface area (Å²) >= 11 is 0. The number of carbonyl (C=O) groups is 1. The first-order valence-corrected chi connectivity index (χ1v) is 8.00. The number of rotatable bonds is 9. The first-order chi connectivity index (χ1) is 10.6. The van der Waals surface area contributed by atoms with Gasteiger partial charge in [-0.1, -0.05) is 6.07 Å². The normalized spacial score (nSPS) is 15.9. The number of benzene rings is 1. The van der Waals surface area contributed by atoms with E-state index in [1.54, 1.807) is 0 Å². The lowest BCUT2D eigenvalue weighted by molar-refractivity contribution is -0.120. The molecule has 122 valence electrons. The Labute approximate surface area is 132 Å². The minimum atomic E-state index is -0.242. The summed E-state index contributed by atoms with van der Waals surface area (Å²) in [4.78, 5) is 11.2. The van der Waals surface area contributed by atoms with Gasteiger partial charge in [-0.05, 0) is 50.8 Å². The van der Waals surface area contributed by atoms with Crippen LogP contribution in [0.5, 0.6) is 11.5 Å². The van der Waals surface area contributed by atoms with E-state index >= 15 is 0 Å². The first-order valence-electron chi connectivity index (χ1n) is 8.00. The third-order valence-corrected chi connectivity index (χ3v) is 4.10. The van der Waals surface area contributed by atoms with Gasteiger partial charge in [-0.3, -0.25) is 4.79 Å². The van der Waals surface area contributed by atoms with Crippen LogP contribution in [0.2, 0.25) is 0 Å². The molecule has 1 aliphatic carbocycles. The van der Waals surface area contributed by atoms with Crippen molar-refractivity contribution < 1.29 is 14.3 Å². The second kappa shape index (κ2) is 7.49. The standard InChI is InChI=1S/C17H26N2O3/c1-3-21-14-7-6-13(10-15(14)22-4-2)12-19-17(8-5-9-17)11-16(18)20/h6-7,10,19H,3-5,8-9,11-12H2,1-2H3,(H2,18,20). The molecule has 22 heavy (non-hydrogen) atoms. The first kappa shape index (κ1) is 16.6. The molecule has 1 aromatic carbocycles. The van der Waals surface area contributed by atoms with E-state index in [0.29, 0.717) is 26.2 Å². The maximum absolute atomic E-state index is 11.2. The molecule has 1 aliphatic rings. The molecular weight excluding hydrogens is 280 g/mol. The van der Waals surface area contributed by atoms with Gasteiger partial charge in [0.15, 0.2) is 11.5 Å². The largest absolute Gasteiger partial charge is 0.490 e. The molecule has 0 aromatic heterocycles. The fourth-order valence-corrected chi connectivity index (χ4v) is 2.85. The Balaban J connectivity index is 2.03. The van der Waals surface area contributed by atoms with Gasteiger partial charge in [0.2, 0.25) is 5.91 Å². The summed E-state index contributed by atoms with van der Waals surface area (Å²) in [7, 11) is 0. The zero-order chi connectivity index (χ0) is 16.0. The van der Waals surface area contributed by atoms with Crippen LogP contribution in [0.1, 0.15) is 45.1 Å². The summed E-state index contributed by atoms with van der Waals surface area (Å²) in [6.45, 7) is 5.81. The molecular formula is C17H26N2O3. The number of nitrogens with two attached hydrogens (primary N) is 1. The molecule has 2 rings (SSSR count). The van der Waals surface area contributed by atoms with E-state index in [-0.39, 0.29) is 11.4 Å². The van der Waals surface area contributed by atoms with Gasteiger partial charge in [0.25, 0.3) is 0 Å². The van der Waals surface area contributed by atoms with Crippen molar-refractivity contribution in [1.82, 2.24) is 5.32 Å². The summed E-state index contributed by atoms with van der Waals surface area (Å²) in [5, 5.41) is 3.50. The predicted octanol–water partition coefficient (Wildman–Crippen LogP) is 2.37. The van der Waals surface area contributed by atoms with Crippen molar-refractivity contribution in [3.63, 3.8) is 0 Å². The SMILES string of the molecule is CCOc1ccc(CNC2(CC(N)=O)CCC2)cc1OCC. The summed E-state index contributed by atoms with van der Waals surface area (Å²) in [6, 6.07) is 5.96. The third kappa shape index (κ3) is 4.13. The molecule has 1 fully saturated rings. The van der Waals surface area contributed by atoms with E-state index in [1.165, 1.54) is 0 Å². The van der Waals surface area contributed by atoms with E-state index in [1.807, 2.05) is 32.0 Å². The lowest BCUT2D eigenvalue weighted by Crippen LogP contribution is -2.52. The zero-order valence-electron chi connectivity index (χ0n) is 13.5. The maximum Gasteiger partial charge on any atom is 0.219 e. The molecule has 5 heteroatoms. The molecule has 0 atom stereocenters. The van der Waals surface area contributed by atoms with Gasteiger partial charge < -0.3 is 20.5 Å². The Morgan fingerprint density at radius 2 is 1.91 bits per heavy atom. The van der Waals surface area contributed by atoms with Crippen LogP contribution in [0.3, 0.4) is 0 Å². The number of hydrogen-bond donors (Lipinski definition) is 2. The van der Waals surface area contributed by atoms with Crippen LogP contribution in [0.25, 0.3) is 0 Å². The maximum atomic E-state index is 11.2. The van der Waals surface area contributed by atoms with Crippen LogP contribution in [0.4, 0.5) is 0 Å². The van der Waals surface area contributed by atoms with Crippen molar-refractivity contribution in [2.24, 2.45) is 5.73 Å². The Kier molecular flexibility index (Phi) is 5.66. The highest BCUT2D eigenvalue weighted by Gasteiger charge is 2.37. The van der Waals surface area contributed by atoms with Crippen molar-refractivity contribution in [2.45, 2.75) is 51.6 Å². The lowest BCUT2D eigenvalue weighted by Gasteiger charge is -2.42. The summed E-state index contributed by atoms with van der Waals surface area (Å²) in [5.41, 5.74) is 6.36. The molecule has 5 nitrogen and oxygen atoms in total. The van der Waals surface area contributed by atoms with E-state index in [9.17, 15) is 4.79 Å². The highest BCUT2D eigenvalue weighted by atomic mass is 16.5. The van der Waals surface area contributed by atoms with Gasteiger partial charge in [0, 0.05) is 18.5 Å². The van der Waals surface area contributed by atoms with Crippen molar-refractivity contribution in [2.75, 3.05) is 13.2 Å². The van der Waals surface area contributed by atoms with Crippen LogP contribution in [-0.4, -0.2) is 24.7 Å². The van der Waals surface area contributed by atoms with E-state index in [2.05, 4.69) is 5.32 Å². The third-order valence-electron chi connectivity index (χ3n) is 4.10. The fraction of sp³-hybridized carbons (Fsp3) is 0.588. The Morgan fingerprint density at radius 3 is 2.45 bits per heavy atom. The zero-order valence-corrected chi connectivity index (χ0v) is 13.5. The molecule has 1 saturated carbocycles. The molecule has 0 spiro atoms. The second-order valence-electron chi connectivity index (χ2n) is 5.78. The summed E-state index contributed by atoms with van der Waals surface area (Å²) in [5.74, 6) is 1.29. The smallest absolute Gasteiger partial charge is 0.219 e. The number of amides is 1. The fourth-order valence-electron chi connectivity index (χ4n) is 2.85. The molecule has 1 amide bonds.